The molecule has 0 N–H and O–H groups in total. The van der Waals surface area contributed by atoms with Crippen LogP contribution in [0, 0.1) is 0 Å². The number of alkyl halides is 1. The van der Waals surface area contributed by atoms with Crippen molar-refractivity contribution >= 4 is 28.2 Å². The van der Waals surface area contributed by atoms with Crippen LogP contribution in [-0.2, 0) is 0 Å². The molecule has 2 aromatic rings. The lowest BCUT2D eigenvalue weighted by atomic mass is 10.1. The van der Waals surface area contributed by atoms with E-state index < -0.39 is 0 Å². The van der Waals surface area contributed by atoms with E-state index in [1.807, 2.05) is 24.4 Å². The third kappa shape index (κ3) is 2.72. The van der Waals surface area contributed by atoms with Crippen molar-refractivity contribution in [1.82, 2.24) is 4.98 Å². The Morgan fingerprint density at radius 1 is 1.29 bits per heavy atom. The van der Waals surface area contributed by atoms with Crippen LogP contribution in [0.25, 0.3) is 10.8 Å². The summed E-state index contributed by atoms with van der Waals surface area (Å²) in [5, 5.41) is 2.20. The number of pyridine rings is 1. The molecule has 0 amide bonds. The van der Waals surface area contributed by atoms with E-state index >= 15 is 0 Å². The summed E-state index contributed by atoms with van der Waals surface area (Å²) in [7, 11) is 0. The van der Waals surface area contributed by atoms with Crippen LogP contribution >= 0.6 is 11.6 Å². The fraction of sp³-hybridized carbons (Fsp3) is 0.438. The number of aromatic nitrogens is 1. The average Bonchev–Trinajstić information content (AvgIpc) is 2.92. The summed E-state index contributed by atoms with van der Waals surface area (Å²) in [4.78, 5) is 6.88. The van der Waals surface area contributed by atoms with E-state index in [4.69, 9.17) is 21.1 Å². The second-order valence-electron chi connectivity index (χ2n) is 5.39. The van der Waals surface area contributed by atoms with E-state index in [2.05, 4.69) is 23.7 Å². The third-order valence-corrected chi connectivity index (χ3v) is 3.93. The van der Waals surface area contributed by atoms with Crippen LogP contribution in [0.15, 0.2) is 24.4 Å². The Morgan fingerprint density at radius 2 is 2.05 bits per heavy atom. The Kier molecular flexibility index (Phi) is 4.06. The highest BCUT2D eigenvalue weighted by Gasteiger charge is 2.19. The summed E-state index contributed by atoms with van der Waals surface area (Å²) in [5.41, 5.74) is 0. The van der Waals surface area contributed by atoms with E-state index in [1.54, 1.807) is 0 Å². The molecular formula is C16H19ClN2O2. The first kappa shape index (κ1) is 14.3. The zero-order chi connectivity index (χ0) is 14.8. The normalized spacial score (nSPS) is 13.1. The Balaban J connectivity index is 2.08. The fourth-order valence-corrected chi connectivity index (χ4v) is 2.73. The van der Waals surface area contributed by atoms with Crippen molar-refractivity contribution in [1.29, 1.82) is 0 Å². The Labute approximate surface area is 129 Å². The van der Waals surface area contributed by atoms with Crippen LogP contribution in [0.2, 0.25) is 0 Å². The molecule has 1 aromatic carbocycles. The van der Waals surface area contributed by atoms with Gasteiger partial charge in [0.15, 0.2) is 11.5 Å². The van der Waals surface area contributed by atoms with E-state index in [9.17, 15) is 0 Å². The number of halogens is 1. The molecule has 2 heterocycles. The summed E-state index contributed by atoms with van der Waals surface area (Å²) < 4.78 is 10.9. The van der Waals surface area contributed by atoms with Gasteiger partial charge in [0.05, 0.1) is 0 Å². The standard InChI is InChI=1S/C16H19ClN2O2/c1-11(2)19(7-3-5-17)16-13-9-15-14(20-10-21-15)8-12(13)4-6-18-16/h4,6,8-9,11H,3,5,7,10H2,1-2H3. The maximum atomic E-state index is 5.85. The number of hydrogen-bond donors (Lipinski definition) is 0. The van der Waals surface area contributed by atoms with Crippen molar-refractivity contribution in [3.63, 3.8) is 0 Å². The van der Waals surface area contributed by atoms with Crippen LogP contribution in [0.4, 0.5) is 5.82 Å². The summed E-state index contributed by atoms with van der Waals surface area (Å²) >= 11 is 5.85. The number of nitrogens with zero attached hydrogens (tertiary/aromatic N) is 2. The quantitative estimate of drug-likeness (QED) is 0.787. The second-order valence-corrected chi connectivity index (χ2v) is 5.77. The maximum absolute atomic E-state index is 5.85. The van der Waals surface area contributed by atoms with Crippen molar-refractivity contribution in [3.8, 4) is 11.5 Å². The van der Waals surface area contributed by atoms with Gasteiger partial charge in [-0.25, -0.2) is 4.98 Å². The van der Waals surface area contributed by atoms with Crippen LogP contribution in [0.5, 0.6) is 11.5 Å². The number of anilines is 1. The summed E-state index contributed by atoms with van der Waals surface area (Å²) in [6.45, 7) is 5.51. The van der Waals surface area contributed by atoms with Gasteiger partial charge in [0.2, 0.25) is 6.79 Å². The van der Waals surface area contributed by atoms with Gasteiger partial charge >= 0.3 is 0 Å². The topological polar surface area (TPSA) is 34.6 Å². The van der Waals surface area contributed by atoms with Crippen LogP contribution in [0.3, 0.4) is 0 Å². The molecule has 0 bridgehead atoms. The molecule has 4 nitrogen and oxygen atoms in total. The Bertz CT molecular complexity index is 645. The highest BCUT2D eigenvalue weighted by atomic mass is 35.5. The molecule has 0 unspecified atom stereocenters. The first-order valence-corrected chi connectivity index (χ1v) is 7.75. The zero-order valence-electron chi connectivity index (χ0n) is 12.3. The second kappa shape index (κ2) is 5.98. The lowest BCUT2D eigenvalue weighted by Crippen LogP contribution is -2.32. The van der Waals surface area contributed by atoms with E-state index in [-0.39, 0.29) is 6.79 Å². The van der Waals surface area contributed by atoms with Gasteiger partial charge in [-0.05, 0) is 43.9 Å². The number of rotatable bonds is 5. The monoisotopic (exact) mass is 306 g/mol. The molecule has 1 aliphatic rings. The minimum Gasteiger partial charge on any atom is -0.454 e. The van der Waals surface area contributed by atoms with Crippen molar-refractivity contribution in [2.45, 2.75) is 26.3 Å². The molecule has 21 heavy (non-hydrogen) atoms. The van der Waals surface area contributed by atoms with Gasteiger partial charge in [-0.15, -0.1) is 11.6 Å². The van der Waals surface area contributed by atoms with E-state index in [0.717, 1.165) is 41.1 Å². The Morgan fingerprint density at radius 3 is 2.76 bits per heavy atom. The predicted molar refractivity (Wildman–Crippen MR) is 85.7 cm³/mol. The van der Waals surface area contributed by atoms with Gasteiger partial charge in [0, 0.05) is 30.0 Å². The van der Waals surface area contributed by atoms with Crippen LogP contribution < -0.4 is 14.4 Å². The van der Waals surface area contributed by atoms with E-state index in [1.165, 1.54) is 0 Å². The highest BCUT2D eigenvalue weighted by molar-refractivity contribution is 6.17. The maximum Gasteiger partial charge on any atom is 0.231 e. The number of fused-ring (bicyclic) bond motifs is 2. The molecule has 0 radical (unpaired) electrons. The first-order chi connectivity index (χ1) is 10.2. The Hall–Kier alpha value is -1.68. The molecule has 3 rings (SSSR count). The molecule has 0 saturated carbocycles. The number of hydrogen-bond acceptors (Lipinski definition) is 4. The van der Waals surface area contributed by atoms with Crippen molar-refractivity contribution < 1.29 is 9.47 Å². The lowest BCUT2D eigenvalue weighted by Gasteiger charge is -2.28. The number of benzene rings is 1. The molecule has 0 aliphatic carbocycles. The van der Waals surface area contributed by atoms with Gasteiger partial charge < -0.3 is 14.4 Å². The molecule has 5 heteroatoms. The highest BCUT2D eigenvalue weighted by Crippen LogP contribution is 2.38. The fourth-order valence-electron chi connectivity index (χ4n) is 2.61. The van der Waals surface area contributed by atoms with Gasteiger partial charge in [0.25, 0.3) is 0 Å². The minimum absolute atomic E-state index is 0.286. The average molecular weight is 307 g/mol. The third-order valence-electron chi connectivity index (χ3n) is 3.66. The largest absolute Gasteiger partial charge is 0.454 e. The van der Waals surface area contributed by atoms with E-state index in [0.29, 0.717) is 11.9 Å². The summed E-state index contributed by atoms with van der Waals surface area (Å²) in [6.07, 6.45) is 2.78. The lowest BCUT2D eigenvalue weighted by molar-refractivity contribution is 0.174. The molecule has 0 fully saturated rings. The molecular weight excluding hydrogens is 288 g/mol. The van der Waals surface area contributed by atoms with Crippen molar-refractivity contribution in [2.24, 2.45) is 0 Å². The zero-order valence-corrected chi connectivity index (χ0v) is 13.1. The molecule has 112 valence electrons. The van der Waals surface area contributed by atoms with Gasteiger partial charge in [0.1, 0.15) is 5.82 Å². The van der Waals surface area contributed by atoms with Crippen LogP contribution in [0.1, 0.15) is 20.3 Å². The summed E-state index contributed by atoms with van der Waals surface area (Å²) in [6, 6.07) is 6.40. The smallest absolute Gasteiger partial charge is 0.231 e. The molecule has 0 saturated heterocycles. The molecule has 0 atom stereocenters. The molecule has 1 aliphatic heterocycles. The SMILES string of the molecule is CC(C)N(CCCCl)c1nccc2cc3c(cc12)OCO3. The minimum atomic E-state index is 0.286. The molecule has 1 aromatic heterocycles. The van der Waals surface area contributed by atoms with Gasteiger partial charge in [-0.3, -0.25) is 0 Å². The summed E-state index contributed by atoms with van der Waals surface area (Å²) in [5.74, 6) is 3.22. The predicted octanol–water partition coefficient (Wildman–Crippen LogP) is 3.81. The van der Waals surface area contributed by atoms with Gasteiger partial charge in [-0.1, -0.05) is 0 Å². The molecule has 0 spiro atoms. The van der Waals surface area contributed by atoms with Crippen LogP contribution in [-0.4, -0.2) is 30.2 Å². The van der Waals surface area contributed by atoms with Gasteiger partial charge in [-0.2, -0.15) is 0 Å². The van der Waals surface area contributed by atoms with Crippen molar-refractivity contribution in [3.05, 3.63) is 24.4 Å². The first-order valence-electron chi connectivity index (χ1n) is 7.21. The number of ether oxygens (including phenoxy) is 2. The van der Waals surface area contributed by atoms with Crippen molar-refractivity contribution in [2.75, 3.05) is 24.1 Å².